The number of ether oxygens (including phenoxy) is 1. The van der Waals surface area contributed by atoms with Gasteiger partial charge in [0, 0.05) is 18.4 Å². The van der Waals surface area contributed by atoms with Gasteiger partial charge in [-0.25, -0.2) is 9.78 Å². The maximum atomic E-state index is 12.3. The van der Waals surface area contributed by atoms with Gasteiger partial charge in [0.05, 0.1) is 11.4 Å². The first-order valence-electron chi connectivity index (χ1n) is 8.49. The number of aromatic nitrogens is 1. The fourth-order valence-corrected chi connectivity index (χ4v) is 3.64. The fourth-order valence-electron chi connectivity index (χ4n) is 2.79. The molecule has 26 heavy (non-hydrogen) atoms. The number of amides is 1. The molecule has 0 unspecified atom stereocenters. The molecule has 0 saturated heterocycles. The van der Waals surface area contributed by atoms with Gasteiger partial charge < -0.3 is 4.74 Å². The molecule has 0 aliphatic carbocycles. The largest absolute Gasteiger partial charge is 0.456 e. The Morgan fingerprint density at radius 2 is 1.88 bits per heavy atom. The van der Waals surface area contributed by atoms with Crippen LogP contribution in [0.2, 0.25) is 0 Å². The molecule has 0 spiro atoms. The summed E-state index contributed by atoms with van der Waals surface area (Å²) >= 11 is 1.36. The summed E-state index contributed by atoms with van der Waals surface area (Å²) in [6.45, 7) is 9.56. The number of aryl methyl sites for hydroxylation is 3. The highest BCUT2D eigenvalue weighted by molar-refractivity contribution is 7.14. The van der Waals surface area contributed by atoms with E-state index in [2.05, 4.69) is 17.1 Å². The van der Waals surface area contributed by atoms with Crippen molar-refractivity contribution in [2.75, 3.05) is 4.90 Å². The summed E-state index contributed by atoms with van der Waals surface area (Å²) in [7, 11) is 0. The molecule has 0 aliphatic heterocycles. The van der Waals surface area contributed by atoms with E-state index in [4.69, 9.17) is 4.74 Å². The normalized spacial score (nSPS) is 11.0. The van der Waals surface area contributed by atoms with E-state index < -0.39 is 5.97 Å². The molecule has 0 atom stereocenters. The number of nitrogens with zero attached hydrogens (tertiary/aromatic N) is 2. The number of benzene rings is 1. The average Bonchev–Trinajstić information content (AvgIpc) is 3.02. The van der Waals surface area contributed by atoms with Gasteiger partial charge in [-0.1, -0.05) is 30.7 Å². The zero-order valence-corrected chi connectivity index (χ0v) is 16.6. The average molecular weight is 372 g/mol. The smallest absolute Gasteiger partial charge is 0.330 e. The molecule has 0 bridgehead atoms. The van der Waals surface area contributed by atoms with E-state index in [0.29, 0.717) is 10.8 Å². The Morgan fingerprint density at radius 3 is 2.46 bits per heavy atom. The predicted molar refractivity (Wildman–Crippen MR) is 105 cm³/mol. The number of rotatable bonds is 6. The third-order valence-electron chi connectivity index (χ3n) is 3.76. The van der Waals surface area contributed by atoms with Crippen molar-refractivity contribution >= 4 is 34.0 Å². The van der Waals surface area contributed by atoms with Crippen molar-refractivity contribution in [2.24, 2.45) is 0 Å². The van der Waals surface area contributed by atoms with E-state index >= 15 is 0 Å². The van der Waals surface area contributed by atoms with Crippen LogP contribution in [-0.4, -0.2) is 16.9 Å². The second kappa shape index (κ2) is 8.76. The van der Waals surface area contributed by atoms with E-state index in [0.717, 1.165) is 28.8 Å². The van der Waals surface area contributed by atoms with Crippen molar-refractivity contribution in [3.63, 3.8) is 0 Å². The lowest BCUT2D eigenvalue weighted by molar-refractivity contribution is -0.139. The standard InChI is InChI=1S/C20H24N2O3S/c1-6-7-8-18(24)25-11-17-12-26-20(21-17)22(16(5)23)19-14(3)9-13(2)10-15(19)4/h7-10,12H,6,11H2,1-5H3. The molecule has 1 aromatic heterocycles. The summed E-state index contributed by atoms with van der Waals surface area (Å²) in [4.78, 5) is 30.0. The van der Waals surface area contributed by atoms with Gasteiger partial charge in [-0.3, -0.25) is 9.69 Å². The van der Waals surface area contributed by atoms with Crippen LogP contribution in [0.25, 0.3) is 0 Å². The summed E-state index contributed by atoms with van der Waals surface area (Å²) in [5.41, 5.74) is 4.67. The van der Waals surface area contributed by atoms with Crippen LogP contribution in [0, 0.1) is 20.8 Å². The molecular formula is C20H24N2O3S. The SMILES string of the molecule is CCC=CC(=O)OCc1csc(N(C(C)=O)c2c(C)cc(C)cc2C)n1. The maximum Gasteiger partial charge on any atom is 0.330 e. The highest BCUT2D eigenvalue weighted by Gasteiger charge is 2.22. The second-order valence-corrected chi connectivity index (χ2v) is 6.98. The quantitative estimate of drug-likeness (QED) is 0.542. The van der Waals surface area contributed by atoms with Gasteiger partial charge in [0.15, 0.2) is 5.13 Å². The van der Waals surface area contributed by atoms with Crippen molar-refractivity contribution < 1.29 is 14.3 Å². The number of carbonyl (C=O) groups excluding carboxylic acids is 2. The number of hydrogen-bond donors (Lipinski definition) is 0. The topological polar surface area (TPSA) is 59.5 Å². The van der Waals surface area contributed by atoms with Crippen LogP contribution in [0.1, 0.15) is 42.7 Å². The summed E-state index contributed by atoms with van der Waals surface area (Å²) in [5.74, 6) is -0.501. The minimum atomic E-state index is -0.393. The lowest BCUT2D eigenvalue weighted by atomic mass is 10.0. The lowest BCUT2D eigenvalue weighted by Gasteiger charge is -2.23. The molecule has 1 heterocycles. The van der Waals surface area contributed by atoms with Gasteiger partial charge in [-0.2, -0.15) is 0 Å². The third-order valence-corrected chi connectivity index (χ3v) is 4.63. The summed E-state index contributed by atoms with van der Waals surface area (Å²) < 4.78 is 5.17. The zero-order chi connectivity index (χ0) is 19.3. The van der Waals surface area contributed by atoms with E-state index in [1.54, 1.807) is 16.4 Å². The minimum absolute atomic E-state index is 0.0843. The Bertz CT molecular complexity index is 816. The molecule has 6 heteroatoms. The predicted octanol–water partition coefficient (Wildman–Crippen LogP) is 4.76. The van der Waals surface area contributed by atoms with Crippen LogP contribution in [0.3, 0.4) is 0 Å². The van der Waals surface area contributed by atoms with Crippen molar-refractivity contribution in [1.82, 2.24) is 4.98 Å². The summed E-state index contributed by atoms with van der Waals surface area (Å²) in [6.07, 6.45) is 3.93. The highest BCUT2D eigenvalue weighted by Crippen LogP contribution is 2.34. The van der Waals surface area contributed by atoms with Crippen LogP contribution in [0.5, 0.6) is 0 Å². The van der Waals surface area contributed by atoms with Gasteiger partial charge in [0.2, 0.25) is 5.91 Å². The van der Waals surface area contributed by atoms with Crippen LogP contribution < -0.4 is 4.90 Å². The molecule has 0 saturated carbocycles. The molecule has 1 aromatic carbocycles. The number of carbonyl (C=O) groups is 2. The molecular weight excluding hydrogens is 348 g/mol. The summed E-state index contributed by atoms with van der Waals surface area (Å²) in [6, 6.07) is 4.10. The molecule has 1 amide bonds. The monoisotopic (exact) mass is 372 g/mol. The molecule has 0 aliphatic rings. The Labute approximate surface area is 158 Å². The zero-order valence-electron chi connectivity index (χ0n) is 15.8. The number of esters is 1. The Morgan fingerprint density at radius 1 is 1.23 bits per heavy atom. The number of hydrogen-bond acceptors (Lipinski definition) is 5. The number of allylic oxidation sites excluding steroid dienone is 1. The lowest BCUT2D eigenvalue weighted by Crippen LogP contribution is -2.24. The number of anilines is 2. The second-order valence-electron chi connectivity index (χ2n) is 6.14. The van der Waals surface area contributed by atoms with Gasteiger partial charge in [0.1, 0.15) is 6.61 Å². The summed E-state index contributed by atoms with van der Waals surface area (Å²) in [5, 5.41) is 2.38. The van der Waals surface area contributed by atoms with Gasteiger partial charge >= 0.3 is 5.97 Å². The van der Waals surface area contributed by atoms with Crippen molar-refractivity contribution in [3.05, 3.63) is 52.0 Å². The molecule has 0 radical (unpaired) electrons. The van der Waals surface area contributed by atoms with E-state index in [1.807, 2.05) is 27.7 Å². The first-order valence-corrected chi connectivity index (χ1v) is 9.37. The minimum Gasteiger partial charge on any atom is -0.456 e. The molecule has 5 nitrogen and oxygen atoms in total. The molecule has 2 aromatic rings. The van der Waals surface area contributed by atoms with E-state index in [1.165, 1.54) is 24.3 Å². The first kappa shape index (κ1) is 19.8. The molecule has 0 fully saturated rings. The highest BCUT2D eigenvalue weighted by atomic mass is 32.1. The van der Waals surface area contributed by atoms with Crippen molar-refractivity contribution in [3.8, 4) is 0 Å². The van der Waals surface area contributed by atoms with Gasteiger partial charge in [0.25, 0.3) is 0 Å². The van der Waals surface area contributed by atoms with E-state index in [-0.39, 0.29) is 12.5 Å². The molecule has 2 rings (SSSR count). The maximum absolute atomic E-state index is 12.3. The van der Waals surface area contributed by atoms with Crippen LogP contribution >= 0.6 is 11.3 Å². The number of thiazole rings is 1. The third kappa shape index (κ3) is 4.79. The fraction of sp³-hybridized carbons (Fsp3) is 0.350. The first-order chi connectivity index (χ1) is 12.3. The van der Waals surface area contributed by atoms with Crippen LogP contribution in [0.4, 0.5) is 10.8 Å². The molecule has 0 N–H and O–H groups in total. The Hall–Kier alpha value is -2.47. The van der Waals surface area contributed by atoms with Crippen molar-refractivity contribution in [2.45, 2.75) is 47.6 Å². The van der Waals surface area contributed by atoms with E-state index in [9.17, 15) is 9.59 Å². The van der Waals surface area contributed by atoms with Crippen LogP contribution in [-0.2, 0) is 20.9 Å². The van der Waals surface area contributed by atoms with Gasteiger partial charge in [-0.05, 0) is 38.3 Å². The van der Waals surface area contributed by atoms with Crippen LogP contribution in [0.15, 0.2) is 29.7 Å². The van der Waals surface area contributed by atoms with Crippen molar-refractivity contribution in [1.29, 1.82) is 0 Å². The van der Waals surface area contributed by atoms with Gasteiger partial charge in [-0.15, -0.1) is 11.3 Å². The Kier molecular flexibility index (Phi) is 6.69. The molecule has 138 valence electrons. The Balaban J connectivity index is 2.25.